The summed E-state index contributed by atoms with van der Waals surface area (Å²) in [6.07, 6.45) is 0.333. The minimum absolute atomic E-state index is 0.225. The van der Waals surface area contributed by atoms with Gasteiger partial charge in [0.15, 0.2) is 0 Å². The number of fused-ring (bicyclic) bond motifs is 1. The zero-order chi connectivity index (χ0) is 26.4. The molecule has 0 amide bonds. The largest absolute Gasteiger partial charge is 0.494 e. The molecule has 0 aliphatic heterocycles. The molecule has 4 aromatic carbocycles. The number of hydrogen-bond acceptors (Lipinski definition) is 1. The molecule has 4 rings (SSSR count). The molecule has 0 N–H and O–H groups in total. The molecule has 0 aromatic heterocycles. The van der Waals surface area contributed by atoms with Crippen molar-refractivity contribution in [3.63, 3.8) is 0 Å². The van der Waals surface area contributed by atoms with Crippen molar-refractivity contribution in [1.82, 2.24) is 0 Å². The van der Waals surface area contributed by atoms with Crippen LogP contribution in [-0.2, 0) is 19.0 Å². The Hall–Kier alpha value is -3.41. The van der Waals surface area contributed by atoms with Gasteiger partial charge in [0.1, 0.15) is 17.4 Å². The number of alkyl halides is 3. The summed E-state index contributed by atoms with van der Waals surface area (Å²) < 4.78 is 73.2. The Morgan fingerprint density at radius 2 is 1.49 bits per heavy atom. The summed E-state index contributed by atoms with van der Waals surface area (Å²) in [7, 11) is 0. The third kappa shape index (κ3) is 6.68. The van der Waals surface area contributed by atoms with Crippen LogP contribution in [0, 0.1) is 11.6 Å². The van der Waals surface area contributed by atoms with Crippen LogP contribution in [0.15, 0.2) is 72.8 Å². The SMILES string of the molecule is CCCCCCOc1ccc(-c2ccc3c(F)c(CCc4ccc(C(F)(F)F)c(F)c4)ccc3c2)cc1. The zero-order valence-corrected chi connectivity index (χ0v) is 20.7. The lowest BCUT2D eigenvalue weighted by Crippen LogP contribution is -2.08. The molecule has 37 heavy (non-hydrogen) atoms. The average molecular weight is 513 g/mol. The molecule has 0 aliphatic rings. The van der Waals surface area contributed by atoms with Crippen LogP contribution in [-0.4, -0.2) is 6.61 Å². The van der Waals surface area contributed by atoms with Crippen LogP contribution in [0.25, 0.3) is 21.9 Å². The van der Waals surface area contributed by atoms with E-state index in [4.69, 9.17) is 4.74 Å². The maximum atomic E-state index is 15.2. The van der Waals surface area contributed by atoms with Crippen molar-refractivity contribution in [2.75, 3.05) is 6.61 Å². The minimum Gasteiger partial charge on any atom is -0.494 e. The molecule has 0 spiro atoms. The number of ether oxygens (including phenoxy) is 1. The first kappa shape index (κ1) is 26.6. The quantitative estimate of drug-likeness (QED) is 0.152. The van der Waals surface area contributed by atoms with Gasteiger partial charge in [0, 0.05) is 5.39 Å². The Labute approximate surface area is 213 Å². The molecule has 0 radical (unpaired) electrons. The second-order valence-corrected chi connectivity index (χ2v) is 9.22. The van der Waals surface area contributed by atoms with Gasteiger partial charge in [0.2, 0.25) is 0 Å². The first-order chi connectivity index (χ1) is 17.8. The third-order valence-corrected chi connectivity index (χ3v) is 6.51. The smallest absolute Gasteiger partial charge is 0.419 e. The van der Waals surface area contributed by atoms with Crippen LogP contribution in [0.1, 0.15) is 49.3 Å². The summed E-state index contributed by atoms with van der Waals surface area (Å²) >= 11 is 0. The van der Waals surface area contributed by atoms with Gasteiger partial charge in [0.25, 0.3) is 0 Å². The molecule has 0 saturated heterocycles. The van der Waals surface area contributed by atoms with E-state index in [-0.39, 0.29) is 18.7 Å². The monoisotopic (exact) mass is 512 g/mol. The molecule has 4 aromatic rings. The van der Waals surface area contributed by atoms with E-state index in [2.05, 4.69) is 6.92 Å². The summed E-state index contributed by atoms with van der Waals surface area (Å²) in [5.41, 5.74) is 1.46. The Kier molecular flexibility index (Phi) is 8.47. The summed E-state index contributed by atoms with van der Waals surface area (Å²) in [6.45, 7) is 2.88. The predicted octanol–water partition coefficient (Wildman–Crippen LogP) is 9.55. The molecular weight excluding hydrogens is 483 g/mol. The Bertz CT molecular complexity index is 1340. The molecule has 1 nitrogen and oxygen atoms in total. The van der Waals surface area contributed by atoms with Gasteiger partial charge in [-0.15, -0.1) is 0 Å². The maximum absolute atomic E-state index is 15.2. The summed E-state index contributed by atoms with van der Waals surface area (Å²) in [4.78, 5) is 0. The van der Waals surface area contributed by atoms with Crippen molar-refractivity contribution in [3.05, 3.63) is 101 Å². The van der Waals surface area contributed by atoms with E-state index in [0.29, 0.717) is 23.1 Å². The number of hydrogen-bond donors (Lipinski definition) is 0. The lowest BCUT2D eigenvalue weighted by molar-refractivity contribution is -0.140. The molecule has 0 unspecified atom stereocenters. The number of benzene rings is 4. The van der Waals surface area contributed by atoms with Gasteiger partial charge >= 0.3 is 6.18 Å². The lowest BCUT2D eigenvalue weighted by Gasteiger charge is -2.11. The van der Waals surface area contributed by atoms with Gasteiger partial charge in [0.05, 0.1) is 12.2 Å². The summed E-state index contributed by atoms with van der Waals surface area (Å²) in [5, 5.41) is 1.21. The lowest BCUT2D eigenvalue weighted by atomic mass is 9.97. The fourth-order valence-electron chi connectivity index (χ4n) is 4.40. The molecule has 0 atom stereocenters. The van der Waals surface area contributed by atoms with Gasteiger partial charge in [-0.25, -0.2) is 8.78 Å². The third-order valence-electron chi connectivity index (χ3n) is 6.51. The van der Waals surface area contributed by atoms with E-state index in [0.717, 1.165) is 47.2 Å². The number of aryl methyl sites for hydroxylation is 2. The predicted molar refractivity (Wildman–Crippen MR) is 138 cm³/mol. The number of rotatable bonds is 10. The first-order valence-electron chi connectivity index (χ1n) is 12.6. The molecule has 0 aliphatic carbocycles. The first-order valence-corrected chi connectivity index (χ1v) is 12.6. The van der Waals surface area contributed by atoms with Crippen LogP contribution in [0.2, 0.25) is 0 Å². The highest BCUT2D eigenvalue weighted by atomic mass is 19.4. The van der Waals surface area contributed by atoms with Gasteiger partial charge in [-0.3, -0.25) is 0 Å². The Balaban J connectivity index is 1.43. The van der Waals surface area contributed by atoms with Crippen LogP contribution in [0.4, 0.5) is 22.0 Å². The van der Waals surface area contributed by atoms with Gasteiger partial charge in [-0.1, -0.05) is 68.7 Å². The molecule has 0 bridgehead atoms. The highest BCUT2D eigenvalue weighted by molar-refractivity contribution is 5.88. The Morgan fingerprint density at radius 1 is 0.730 bits per heavy atom. The summed E-state index contributed by atoms with van der Waals surface area (Å²) in [6, 6.07) is 19.7. The second kappa shape index (κ2) is 11.8. The van der Waals surface area contributed by atoms with Crippen molar-refractivity contribution in [1.29, 1.82) is 0 Å². The molecule has 0 heterocycles. The van der Waals surface area contributed by atoms with Crippen LogP contribution in [0.5, 0.6) is 5.75 Å². The standard InChI is InChI=1S/C31H29F5O/c1-2-3-4-5-18-37-26-14-11-22(12-15-26)24-13-16-27-25(20-24)10-9-23(30(27)33)8-6-21-7-17-28(29(32)19-21)31(34,35)36/h7,9-17,19-20H,2-6,8,18H2,1H3. The Morgan fingerprint density at radius 3 is 2.19 bits per heavy atom. The molecular formula is C31H29F5O. The van der Waals surface area contributed by atoms with Crippen LogP contribution >= 0.6 is 0 Å². The van der Waals surface area contributed by atoms with Crippen molar-refractivity contribution < 1.29 is 26.7 Å². The van der Waals surface area contributed by atoms with E-state index < -0.39 is 17.6 Å². The second-order valence-electron chi connectivity index (χ2n) is 9.22. The highest BCUT2D eigenvalue weighted by Crippen LogP contribution is 2.32. The van der Waals surface area contributed by atoms with Crippen LogP contribution < -0.4 is 4.74 Å². The molecule has 194 valence electrons. The van der Waals surface area contributed by atoms with Crippen molar-refractivity contribution in [2.24, 2.45) is 0 Å². The molecule has 0 fully saturated rings. The average Bonchev–Trinajstić information content (AvgIpc) is 2.87. The topological polar surface area (TPSA) is 9.23 Å². The van der Waals surface area contributed by atoms with E-state index >= 15 is 4.39 Å². The highest BCUT2D eigenvalue weighted by Gasteiger charge is 2.33. The summed E-state index contributed by atoms with van der Waals surface area (Å²) in [5.74, 6) is -0.865. The van der Waals surface area contributed by atoms with E-state index in [1.807, 2.05) is 42.5 Å². The van der Waals surface area contributed by atoms with Crippen LogP contribution in [0.3, 0.4) is 0 Å². The molecule has 0 saturated carbocycles. The normalized spacial score (nSPS) is 11.7. The van der Waals surface area contributed by atoms with Gasteiger partial charge in [-0.05, 0) is 77.2 Å². The fraction of sp³-hybridized carbons (Fsp3) is 0.290. The van der Waals surface area contributed by atoms with E-state index in [1.54, 1.807) is 12.1 Å². The minimum atomic E-state index is -4.74. The number of unbranched alkanes of at least 4 members (excludes halogenated alkanes) is 3. The number of halogens is 5. The van der Waals surface area contributed by atoms with E-state index in [1.165, 1.54) is 18.9 Å². The van der Waals surface area contributed by atoms with Gasteiger partial charge < -0.3 is 4.74 Å². The van der Waals surface area contributed by atoms with E-state index in [9.17, 15) is 17.6 Å². The van der Waals surface area contributed by atoms with Crippen molar-refractivity contribution in [2.45, 2.75) is 51.6 Å². The van der Waals surface area contributed by atoms with Crippen molar-refractivity contribution >= 4 is 10.8 Å². The maximum Gasteiger partial charge on any atom is 0.419 e. The zero-order valence-electron chi connectivity index (χ0n) is 20.7. The fourth-order valence-corrected chi connectivity index (χ4v) is 4.40. The van der Waals surface area contributed by atoms with Gasteiger partial charge in [-0.2, -0.15) is 13.2 Å². The molecule has 6 heteroatoms. The van der Waals surface area contributed by atoms with Crippen molar-refractivity contribution in [3.8, 4) is 16.9 Å².